The molecule has 2 heteroatoms. The van der Waals surface area contributed by atoms with Crippen molar-refractivity contribution in [3.63, 3.8) is 0 Å². The Bertz CT molecular complexity index is 1020. The van der Waals surface area contributed by atoms with Crippen LogP contribution in [0.15, 0.2) is 97.1 Å². The Morgan fingerprint density at radius 2 is 0.846 bits per heavy atom. The summed E-state index contributed by atoms with van der Waals surface area (Å²) in [5.41, 5.74) is 20.4. The van der Waals surface area contributed by atoms with Crippen molar-refractivity contribution in [1.82, 2.24) is 0 Å². The monoisotopic (exact) mass is 336 g/mol. The molecule has 0 saturated carbocycles. The molecular weight excluding hydrogens is 316 g/mol. The van der Waals surface area contributed by atoms with E-state index in [0.29, 0.717) is 0 Å². The second kappa shape index (κ2) is 6.77. The predicted molar refractivity (Wildman–Crippen MR) is 112 cm³/mol. The summed E-state index contributed by atoms with van der Waals surface area (Å²) in [6.45, 7) is 0. The van der Waals surface area contributed by atoms with Crippen molar-refractivity contribution in [2.75, 3.05) is 11.5 Å². The molecule has 0 heterocycles. The van der Waals surface area contributed by atoms with Crippen LogP contribution in [-0.4, -0.2) is 0 Å². The molecule has 4 aromatic carbocycles. The molecule has 0 radical (unpaired) electrons. The number of hydrogen-bond donors (Lipinski definition) is 2. The van der Waals surface area contributed by atoms with Crippen molar-refractivity contribution in [1.29, 1.82) is 0 Å². The molecule has 2 nitrogen and oxygen atoms in total. The second-order valence-electron chi connectivity index (χ2n) is 6.34. The van der Waals surface area contributed by atoms with Crippen molar-refractivity contribution < 1.29 is 0 Å². The molecule has 4 aromatic rings. The van der Waals surface area contributed by atoms with Crippen molar-refractivity contribution in [3.05, 3.63) is 97.1 Å². The molecule has 4 rings (SSSR count). The minimum absolute atomic E-state index is 0.764. The van der Waals surface area contributed by atoms with E-state index in [1.54, 1.807) is 0 Å². The number of benzene rings is 4. The van der Waals surface area contributed by atoms with Crippen LogP contribution in [0.1, 0.15) is 0 Å². The largest absolute Gasteiger partial charge is 0.399 e. The van der Waals surface area contributed by atoms with E-state index in [2.05, 4.69) is 66.7 Å². The zero-order chi connectivity index (χ0) is 17.9. The van der Waals surface area contributed by atoms with E-state index in [1.165, 1.54) is 22.3 Å². The van der Waals surface area contributed by atoms with Crippen LogP contribution in [0, 0.1) is 0 Å². The maximum atomic E-state index is 5.91. The summed E-state index contributed by atoms with van der Waals surface area (Å²) < 4.78 is 0. The summed E-state index contributed by atoms with van der Waals surface area (Å²) in [5.74, 6) is 0. The maximum Gasteiger partial charge on any atom is 0.0314 e. The number of hydrogen-bond acceptors (Lipinski definition) is 2. The van der Waals surface area contributed by atoms with Gasteiger partial charge >= 0.3 is 0 Å². The van der Waals surface area contributed by atoms with Crippen LogP contribution in [0.2, 0.25) is 0 Å². The third-order valence-electron chi connectivity index (χ3n) is 4.57. The lowest BCUT2D eigenvalue weighted by molar-refractivity contribution is 1.55. The number of nitrogens with two attached hydrogens (primary N) is 2. The average molecular weight is 336 g/mol. The van der Waals surface area contributed by atoms with Gasteiger partial charge in [0.15, 0.2) is 0 Å². The molecule has 26 heavy (non-hydrogen) atoms. The van der Waals surface area contributed by atoms with E-state index in [9.17, 15) is 0 Å². The Labute approximate surface area is 153 Å². The van der Waals surface area contributed by atoms with Crippen LogP contribution in [-0.2, 0) is 0 Å². The van der Waals surface area contributed by atoms with Gasteiger partial charge in [-0.3, -0.25) is 0 Å². The first-order chi connectivity index (χ1) is 12.7. The topological polar surface area (TPSA) is 52.0 Å². The summed E-state index contributed by atoms with van der Waals surface area (Å²) in [5, 5.41) is 0. The minimum atomic E-state index is 0.764. The zero-order valence-electron chi connectivity index (χ0n) is 14.4. The fraction of sp³-hybridized carbons (Fsp3) is 0. The molecular formula is C24H20N2. The van der Waals surface area contributed by atoms with Gasteiger partial charge in [-0.2, -0.15) is 0 Å². The second-order valence-corrected chi connectivity index (χ2v) is 6.34. The van der Waals surface area contributed by atoms with Crippen LogP contribution < -0.4 is 11.5 Å². The van der Waals surface area contributed by atoms with Gasteiger partial charge in [0.25, 0.3) is 0 Å². The van der Waals surface area contributed by atoms with E-state index in [1.807, 2.05) is 30.3 Å². The molecule has 4 N–H and O–H groups in total. The standard InChI is InChI=1S/C24H20N2/c25-20-13-9-18(10-14-20)23-8-4-7-22(17-5-2-1-3-6-17)24(23)19-11-15-21(26)16-12-19/h1-16H,25-26H2. The highest BCUT2D eigenvalue weighted by atomic mass is 14.5. The molecule has 0 atom stereocenters. The van der Waals surface area contributed by atoms with Crippen molar-refractivity contribution in [2.45, 2.75) is 0 Å². The van der Waals surface area contributed by atoms with Gasteiger partial charge < -0.3 is 11.5 Å². The average Bonchev–Trinajstić information content (AvgIpc) is 2.69. The fourth-order valence-corrected chi connectivity index (χ4v) is 3.27. The molecule has 0 aliphatic carbocycles. The van der Waals surface area contributed by atoms with E-state index < -0.39 is 0 Å². The quantitative estimate of drug-likeness (QED) is 0.461. The molecule has 0 saturated heterocycles. The lowest BCUT2D eigenvalue weighted by atomic mass is 9.87. The summed E-state index contributed by atoms with van der Waals surface area (Å²) in [4.78, 5) is 0. The van der Waals surface area contributed by atoms with E-state index in [0.717, 1.165) is 22.5 Å². The molecule has 0 amide bonds. The summed E-state index contributed by atoms with van der Waals surface area (Å²) in [6.07, 6.45) is 0. The zero-order valence-corrected chi connectivity index (χ0v) is 14.4. The molecule has 0 unspecified atom stereocenters. The van der Waals surface area contributed by atoms with Gasteiger partial charge in [0.1, 0.15) is 0 Å². The third kappa shape index (κ3) is 3.05. The Morgan fingerprint density at radius 3 is 1.38 bits per heavy atom. The van der Waals surface area contributed by atoms with E-state index in [4.69, 9.17) is 11.5 Å². The summed E-state index contributed by atoms with van der Waals surface area (Å²) in [6, 6.07) is 33.0. The molecule has 126 valence electrons. The lowest BCUT2D eigenvalue weighted by Gasteiger charge is -2.16. The van der Waals surface area contributed by atoms with Gasteiger partial charge in [-0.05, 0) is 57.6 Å². The van der Waals surface area contributed by atoms with Gasteiger partial charge in [-0.1, -0.05) is 72.8 Å². The van der Waals surface area contributed by atoms with Crippen molar-refractivity contribution in [3.8, 4) is 33.4 Å². The highest BCUT2D eigenvalue weighted by molar-refractivity contribution is 5.94. The Morgan fingerprint density at radius 1 is 0.385 bits per heavy atom. The Kier molecular flexibility index (Phi) is 4.16. The molecule has 0 fully saturated rings. The first kappa shape index (κ1) is 16.0. The fourth-order valence-electron chi connectivity index (χ4n) is 3.27. The van der Waals surface area contributed by atoms with Crippen LogP contribution in [0.3, 0.4) is 0 Å². The summed E-state index contributed by atoms with van der Waals surface area (Å²) in [7, 11) is 0. The Balaban J connectivity index is 2.00. The molecule has 0 aliphatic rings. The van der Waals surface area contributed by atoms with Crippen LogP contribution in [0.5, 0.6) is 0 Å². The SMILES string of the molecule is Nc1ccc(-c2cccc(-c3ccccc3)c2-c2ccc(N)cc2)cc1. The first-order valence-electron chi connectivity index (χ1n) is 8.62. The summed E-state index contributed by atoms with van der Waals surface area (Å²) >= 11 is 0. The van der Waals surface area contributed by atoms with Gasteiger partial charge in [-0.15, -0.1) is 0 Å². The van der Waals surface area contributed by atoms with E-state index in [-0.39, 0.29) is 0 Å². The maximum absolute atomic E-state index is 5.91. The Hall–Kier alpha value is -3.52. The van der Waals surface area contributed by atoms with Gasteiger partial charge in [0.2, 0.25) is 0 Å². The number of nitrogen functional groups attached to an aromatic ring is 2. The highest BCUT2D eigenvalue weighted by Crippen LogP contribution is 2.40. The molecule has 0 aromatic heterocycles. The number of rotatable bonds is 3. The van der Waals surface area contributed by atoms with Crippen LogP contribution in [0.4, 0.5) is 11.4 Å². The lowest BCUT2D eigenvalue weighted by Crippen LogP contribution is -1.92. The predicted octanol–water partition coefficient (Wildman–Crippen LogP) is 5.85. The number of anilines is 2. The normalized spacial score (nSPS) is 10.6. The van der Waals surface area contributed by atoms with Crippen LogP contribution in [0.25, 0.3) is 33.4 Å². The molecule has 0 aliphatic heterocycles. The van der Waals surface area contributed by atoms with E-state index >= 15 is 0 Å². The molecule has 0 spiro atoms. The minimum Gasteiger partial charge on any atom is -0.399 e. The van der Waals surface area contributed by atoms with Gasteiger partial charge in [-0.25, -0.2) is 0 Å². The van der Waals surface area contributed by atoms with Crippen molar-refractivity contribution >= 4 is 11.4 Å². The highest BCUT2D eigenvalue weighted by Gasteiger charge is 2.13. The van der Waals surface area contributed by atoms with Crippen LogP contribution >= 0.6 is 0 Å². The van der Waals surface area contributed by atoms with Gasteiger partial charge in [0, 0.05) is 11.4 Å². The van der Waals surface area contributed by atoms with Gasteiger partial charge in [0.05, 0.1) is 0 Å². The smallest absolute Gasteiger partial charge is 0.0314 e. The molecule has 0 bridgehead atoms. The van der Waals surface area contributed by atoms with Crippen molar-refractivity contribution in [2.24, 2.45) is 0 Å². The third-order valence-corrected chi connectivity index (χ3v) is 4.57. The first-order valence-corrected chi connectivity index (χ1v) is 8.62.